The van der Waals surface area contributed by atoms with Gasteiger partial charge < -0.3 is 14.2 Å². The lowest BCUT2D eigenvalue weighted by Crippen LogP contribution is -2.42. The Morgan fingerprint density at radius 1 is 1.35 bits per heavy atom. The van der Waals surface area contributed by atoms with Crippen molar-refractivity contribution in [3.63, 3.8) is 0 Å². The number of pyridine rings is 1. The van der Waals surface area contributed by atoms with Crippen molar-refractivity contribution in [3.05, 3.63) is 51.9 Å². The minimum absolute atomic E-state index is 0.0681. The molecular weight excluding hydrogens is 352 g/mol. The zero-order chi connectivity index (χ0) is 18.1. The Morgan fingerprint density at radius 3 is 2.96 bits per heavy atom. The van der Waals surface area contributed by atoms with Gasteiger partial charge >= 0.3 is 0 Å². The number of hydrogen-bond acceptors (Lipinski definition) is 7. The van der Waals surface area contributed by atoms with E-state index in [9.17, 15) is 4.79 Å². The molecule has 1 amide bonds. The molecule has 1 saturated heterocycles. The van der Waals surface area contributed by atoms with E-state index < -0.39 is 0 Å². The maximum absolute atomic E-state index is 12.6. The van der Waals surface area contributed by atoms with Crippen molar-refractivity contribution in [2.24, 2.45) is 0 Å². The van der Waals surface area contributed by atoms with Crippen molar-refractivity contribution >= 4 is 17.2 Å². The van der Waals surface area contributed by atoms with Gasteiger partial charge in [-0.05, 0) is 26.0 Å². The Labute approximate surface area is 154 Å². The number of aromatic nitrogens is 3. The van der Waals surface area contributed by atoms with Crippen LogP contribution in [0.3, 0.4) is 0 Å². The summed E-state index contributed by atoms with van der Waals surface area (Å²) >= 11 is 1.42. The summed E-state index contributed by atoms with van der Waals surface area (Å²) in [5.74, 6) is 0.665. The van der Waals surface area contributed by atoms with Gasteiger partial charge in [0.2, 0.25) is 0 Å². The molecule has 0 saturated carbocycles. The van der Waals surface area contributed by atoms with Gasteiger partial charge in [0.15, 0.2) is 0 Å². The highest BCUT2D eigenvalue weighted by Gasteiger charge is 2.28. The summed E-state index contributed by atoms with van der Waals surface area (Å²) in [5, 5.41) is 5.76. The molecule has 0 N–H and O–H groups in total. The van der Waals surface area contributed by atoms with E-state index in [1.54, 1.807) is 15.8 Å². The molecule has 134 valence electrons. The molecule has 7 nitrogen and oxygen atoms in total. The van der Waals surface area contributed by atoms with Crippen molar-refractivity contribution in [1.29, 1.82) is 0 Å². The zero-order valence-corrected chi connectivity index (χ0v) is 15.3. The summed E-state index contributed by atoms with van der Waals surface area (Å²) in [6.45, 7) is 5.24. The Balaban J connectivity index is 1.58. The van der Waals surface area contributed by atoms with Crippen LogP contribution in [0.4, 0.5) is 0 Å². The summed E-state index contributed by atoms with van der Waals surface area (Å²) < 4.78 is 11.1. The number of carbonyl (C=O) groups excluding carboxylic acids is 1. The Kier molecular flexibility index (Phi) is 4.52. The smallest absolute Gasteiger partial charge is 0.273 e. The van der Waals surface area contributed by atoms with Crippen LogP contribution in [-0.4, -0.2) is 45.6 Å². The number of thiazole rings is 1. The van der Waals surface area contributed by atoms with Crippen LogP contribution in [0.25, 0.3) is 11.3 Å². The maximum atomic E-state index is 12.6. The molecule has 1 unspecified atom stereocenters. The predicted octanol–water partition coefficient (Wildman–Crippen LogP) is 3.02. The van der Waals surface area contributed by atoms with Crippen molar-refractivity contribution < 1.29 is 14.1 Å². The fourth-order valence-electron chi connectivity index (χ4n) is 3.11. The fourth-order valence-corrected chi connectivity index (χ4v) is 3.64. The average Bonchev–Trinajstić information content (AvgIpc) is 3.31. The van der Waals surface area contributed by atoms with Crippen LogP contribution in [0.1, 0.15) is 33.7 Å². The molecule has 3 aromatic rings. The number of rotatable bonds is 3. The topological polar surface area (TPSA) is 81.4 Å². The summed E-state index contributed by atoms with van der Waals surface area (Å²) in [7, 11) is 0. The molecule has 0 bridgehead atoms. The first-order chi connectivity index (χ1) is 12.6. The molecule has 0 spiro atoms. The van der Waals surface area contributed by atoms with E-state index in [1.165, 1.54) is 11.3 Å². The second-order valence-electron chi connectivity index (χ2n) is 6.13. The summed E-state index contributed by atoms with van der Waals surface area (Å²) in [4.78, 5) is 23.2. The van der Waals surface area contributed by atoms with Gasteiger partial charge in [-0.3, -0.25) is 4.79 Å². The summed E-state index contributed by atoms with van der Waals surface area (Å²) in [6.07, 6.45) is -0.272. The maximum Gasteiger partial charge on any atom is 0.273 e. The van der Waals surface area contributed by atoms with Crippen LogP contribution in [-0.2, 0) is 4.74 Å². The molecular formula is C18H18N4O3S. The molecule has 0 aliphatic carbocycles. The second kappa shape index (κ2) is 6.97. The third kappa shape index (κ3) is 3.13. The summed E-state index contributed by atoms with van der Waals surface area (Å²) in [6, 6.07) is 5.79. The van der Waals surface area contributed by atoms with Gasteiger partial charge in [0.05, 0.1) is 41.3 Å². The van der Waals surface area contributed by atoms with Gasteiger partial charge in [0.1, 0.15) is 17.6 Å². The first-order valence-electron chi connectivity index (χ1n) is 8.32. The van der Waals surface area contributed by atoms with Crippen LogP contribution < -0.4 is 0 Å². The standard InChI is InChI=1S/C18H18N4O3S/c1-11-17(12(2)25-21-11)14-5-3-4-13(20-14)16-8-22(6-7-24-16)18(23)15-9-26-10-19-15/h3-5,9-10,16H,6-8H2,1-2H3. The SMILES string of the molecule is Cc1noc(C)c1-c1cccc(C2CN(C(=O)c3cscn3)CCO2)n1. The van der Waals surface area contributed by atoms with E-state index in [2.05, 4.69) is 10.1 Å². The van der Waals surface area contributed by atoms with Crippen LogP contribution in [0, 0.1) is 13.8 Å². The van der Waals surface area contributed by atoms with E-state index in [4.69, 9.17) is 14.2 Å². The van der Waals surface area contributed by atoms with Gasteiger partial charge in [-0.1, -0.05) is 11.2 Å². The van der Waals surface area contributed by atoms with Crippen molar-refractivity contribution in [3.8, 4) is 11.3 Å². The van der Waals surface area contributed by atoms with Gasteiger partial charge in [0.25, 0.3) is 5.91 Å². The van der Waals surface area contributed by atoms with Crippen molar-refractivity contribution in [2.75, 3.05) is 19.7 Å². The Bertz CT molecular complexity index is 903. The Morgan fingerprint density at radius 2 is 2.23 bits per heavy atom. The number of amides is 1. The third-order valence-electron chi connectivity index (χ3n) is 4.40. The average molecular weight is 370 g/mol. The minimum Gasteiger partial charge on any atom is -0.368 e. The highest BCUT2D eigenvalue weighted by molar-refractivity contribution is 7.07. The van der Waals surface area contributed by atoms with Gasteiger partial charge in [-0.15, -0.1) is 11.3 Å². The number of nitrogens with zero attached hydrogens (tertiary/aromatic N) is 4. The molecule has 4 rings (SSSR count). The molecule has 0 aromatic carbocycles. The van der Waals surface area contributed by atoms with E-state index in [0.29, 0.717) is 25.4 Å². The quantitative estimate of drug-likeness (QED) is 0.705. The van der Waals surface area contributed by atoms with Crippen LogP contribution >= 0.6 is 11.3 Å². The molecule has 3 aromatic heterocycles. The molecule has 26 heavy (non-hydrogen) atoms. The lowest BCUT2D eigenvalue weighted by atomic mass is 10.1. The Hall–Kier alpha value is -2.58. The number of carbonyl (C=O) groups is 1. The summed E-state index contributed by atoms with van der Waals surface area (Å²) in [5.41, 5.74) is 5.44. The van der Waals surface area contributed by atoms with Crippen LogP contribution in [0.2, 0.25) is 0 Å². The van der Waals surface area contributed by atoms with E-state index in [1.807, 2.05) is 32.0 Å². The number of ether oxygens (including phenoxy) is 1. The minimum atomic E-state index is -0.272. The van der Waals surface area contributed by atoms with Gasteiger partial charge in [-0.2, -0.15) is 0 Å². The molecule has 1 atom stereocenters. The van der Waals surface area contributed by atoms with Crippen molar-refractivity contribution in [1.82, 2.24) is 20.0 Å². The van der Waals surface area contributed by atoms with Crippen molar-refractivity contribution in [2.45, 2.75) is 20.0 Å². The second-order valence-corrected chi connectivity index (χ2v) is 6.85. The van der Waals surface area contributed by atoms with Gasteiger partial charge in [-0.25, -0.2) is 9.97 Å². The molecule has 8 heteroatoms. The number of morpholine rings is 1. The number of aryl methyl sites for hydroxylation is 2. The number of hydrogen-bond donors (Lipinski definition) is 0. The van der Waals surface area contributed by atoms with Crippen LogP contribution in [0.15, 0.2) is 33.6 Å². The molecule has 0 radical (unpaired) electrons. The largest absolute Gasteiger partial charge is 0.368 e. The normalized spacial score (nSPS) is 17.5. The molecule has 1 fully saturated rings. The zero-order valence-electron chi connectivity index (χ0n) is 14.5. The van der Waals surface area contributed by atoms with E-state index in [-0.39, 0.29) is 12.0 Å². The fraction of sp³-hybridized carbons (Fsp3) is 0.333. The molecule has 1 aliphatic rings. The van der Waals surface area contributed by atoms with E-state index in [0.717, 1.165) is 28.4 Å². The highest BCUT2D eigenvalue weighted by atomic mass is 32.1. The molecule has 1 aliphatic heterocycles. The lowest BCUT2D eigenvalue weighted by molar-refractivity contribution is -0.0248. The molecule has 4 heterocycles. The highest BCUT2D eigenvalue weighted by Crippen LogP contribution is 2.28. The van der Waals surface area contributed by atoms with Crippen LogP contribution in [0.5, 0.6) is 0 Å². The first-order valence-corrected chi connectivity index (χ1v) is 9.27. The van der Waals surface area contributed by atoms with Gasteiger partial charge in [0, 0.05) is 11.9 Å². The first kappa shape index (κ1) is 16.9. The van der Waals surface area contributed by atoms with E-state index >= 15 is 0 Å². The predicted molar refractivity (Wildman–Crippen MR) is 95.9 cm³/mol. The lowest BCUT2D eigenvalue weighted by Gasteiger charge is -2.32. The monoisotopic (exact) mass is 370 g/mol. The third-order valence-corrected chi connectivity index (χ3v) is 4.98.